The number of aliphatic hydroxyl groups excluding tert-OH is 2. The summed E-state index contributed by atoms with van der Waals surface area (Å²) in [7, 11) is -4.97. The molecular weight excluding hydrogens is 356 g/mol. The van der Waals surface area contributed by atoms with Gasteiger partial charge in [-0.3, -0.25) is 9.13 Å². The van der Waals surface area contributed by atoms with Crippen LogP contribution in [0.5, 0.6) is 0 Å². The minimum atomic E-state index is -4.97. The molecule has 0 aliphatic carbocycles. The van der Waals surface area contributed by atoms with E-state index in [0.717, 1.165) is 0 Å². The number of fused-ring (bicyclic) bond motifs is 1. The Morgan fingerprint density at radius 1 is 1.38 bits per heavy atom. The minimum Gasteiger partial charge on any atom is -0.756 e. The predicted octanol–water partition coefficient (Wildman–Crippen LogP) is -5.49. The van der Waals surface area contributed by atoms with E-state index in [1.54, 1.807) is 0 Å². The van der Waals surface area contributed by atoms with Crippen molar-refractivity contribution in [3.63, 3.8) is 0 Å². The molecule has 3 heterocycles. The van der Waals surface area contributed by atoms with E-state index in [0.29, 0.717) is 0 Å². The number of nitrogens with two attached hydrogens (primary N) is 1. The zero-order valence-corrected chi connectivity index (χ0v) is 15.4. The van der Waals surface area contributed by atoms with E-state index in [4.69, 9.17) is 15.4 Å². The van der Waals surface area contributed by atoms with Crippen molar-refractivity contribution in [2.24, 2.45) is 0 Å². The number of imidazole rings is 1. The average Bonchev–Trinajstić information content (AvgIpc) is 3.01. The van der Waals surface area contributed by atoms with Gasteiger partial charge in [-0.05, 0) is 0 Å². The Morgan fingerprint density at radius 2 is 2.08 bits per heavy atom. The van der Waals surface area contributed by atoms with E-state index in [1.165, 1.54) is 17.2 Å². The van der Waals surface area contributed by atoms with Crippen molar-refractivity contribution in [3.8, 4) is 0 Å². The average molecular weight is 369 g/mol. The molecule has 5 atom stereocenters. The molecule has 14 heteroatoms. The van der Waals surface area contributed by atoms with Crippen LogP contribution in [-0.2, 0) is 13.8 Å². The fourth-order valence-electron chi connectivity index (χ4n) is 2.32. The van der Waals surface area contributed by atoms with Crippen LogP contribution in [0.3, 0.4) is 0 Å². The molecule has 0 saturated carbocycles. The zero-order valence-electron chi connectivity index (χ0n) is 12.5. The number of aliphatic hydroxyl groups is 2. The molecule has 126 valence electrons. The quantitative estimate of drug-likeness (QED) is 0.297. The molecule has 0 amide bonds. The topological polar surface area (TPSA) is 189 Å². The van der Waals surface area contributed by atoms with E-state index in [2.05, 4.69) is 19.5 Å². The first kappa shape index (κ1) is 19.7. The first-order valence-corrected chi connectivity index (χ1v) is 7.90. The van der Waals surface area contributed by atoms with Crippen LogP contribution in [0.15, 0.2) is 12.7 Å². The third-order valence-corrected chi connectivity index (χ3v) is 3.88. The van der Waals surface area contributed by atoms with E-state index < -0.39 is 39.0 Å². The van der Waals surface area contributed by atoms with Gasteiger partial charge in [0.1, 0.15) is 30.2 Å². The number of ether oxygens (including phenoxy) is 1. The van der Waals surface area contributed by atoms with Crippen molar-refractivity contribution in [2.75, 3.05) is 12.3 Å². The predicted molar refractivity (Wildman–Crippen MR) is 71.4 cm³/mol. The van der Waals surface area contributed by atoms with Crippen LogP contribution >= 0.6 is 7.82 Å². The maximum Gasteiger partial charge on any atom is 1.00 e. The van der Waals surface area contributed by atoms with Crippen LogP contribution in [-0.4, -0.2) is 59.5 Å². The molecule has 2 unspecified atom stereocenters. The molecule has 0 aromatic carbocycles. The van der Waals surface area contributed by atoms with Gasteiger partial charge in [-0.1, -0.05) is 0 Å². The summed E-state index contributed by atoms with van der Waals surface area (Å²) in [6.45, 7) is -0.657. The van der Waals surface area contributed by atoms with Crippen LogP contribution in [0.2, 0.25) is 0 Å². The van der Waals surface area contributed by atoms with Crippen LogP contribution < -0.4 is 40.2 Å². The smallest absolute Gasteiger partial charge is 0.756 e. The Bertz CT molecular complexity index is 769. The number of phosphoric acid groups is 1. The summed E-state index contributed by atoms with van der Waals surface area (Å²) >= 11 is 0. The number of anilines is 1. The zero-order chi connectivity index (χ0) is 16.8. The Hall–Kier alpha value is -0.660. The van der Waals surface area contributed by atoms with Crippen LogP contribution in [0.1, 0.15) is 6.23 Å². The van der Waals surface area contributed by atoms with Crippen LogP contribution in [0.4, 0.5) is 5.82 Å². The molecule has 1 saturated heterocycles. The largest absolute Gasteiger partial charge is 1.00 e. The molecular formula is C10H13N5NaO7P. The summed E-state index contributed by atoms with van der Waals surface area (Å²) in [5.74, 6) is 0.134. The van der Waals surface area contributed by atoms with Crippen molar-refractivity contribution < 1.29 is 63.4 Å². The number of nitrogen functional groups attached to an aromatic ring is 1. The first-order valence-electron chi connectivity index (χ1n) is 6.41. The fraction of sp³-hybridized carbons (Fsp3) is 0.500. The van der Waals surface area contributed by atoms with Crippen molar-refractivity contribution in [3.05, 3.63) is 12.7 Å². The normalized spacial score (nSPS) is 29.3. The number of nitrogens with zero attached hydrogens (tertiary/aromatic N) is 4. The SMILES string of the molecule is Nc1ncnc2c1ncn2C1O[C@H](COP(=O)([O-])O)[C@@H](O)[C@H]1O.[Na+]. The molecule has 5 N–H and O–H groups in total. The molecule has 2 aromatic rings. The number of aromatic nitrogens is 4. The van der Waals surface area contributed by atoms with Crippen molar-refractivity contribution >= 4 is 24.8 Å². The van der Waals surface area contributed by atoms with Crippen molar-refractivity contribution in [1.82, 2.24) is 19.5 Å². The molecule has 12 nitrogen and oxygen atoms in total. The third-order valence-electron chi connectivity index (χ3n) is 3.40. The summed E-state index contributed by atoms with van der Waals surface area (Å²) in [6.07, 6.45) is -2.62. The van der Waals surface area contributed by atoms with Gasteiger partial charge in [-0.15, -0.1) is 0 Å². The Balaban J connectivity index is 0.00000208. The van der Waals surface area contributed by atoms with Crippen LogP contribution in [0, 0.1) is 0 Å². The number of phosphoric ester groups is 1. The van der Waals surface area contributed by atoms with Crippen molar-refractivity contribution in [1.29, 1.82) is 0 Å². The molecule has 0 spiro atoms. The van der Waals surface area contributed by atoms with E-state index in [-0.39, 0.29) is 46.5 Å². The molecule has 2 aromatic heterocycles. The van der Waals surface area contributed by atoms with Gasteiger partial charge < -0.3 is 35.0 Å². The molecule has 1 aliphatic heterocycles. The molecule has 1 fully saturated rings. The maximum atomic E-state index is 10.6. The van der Waals surface area contributed by atoms with Gasteiger partial charge in [0, 0.05) is 0 Å². The van der Waals surface area contributed by atoms with Gasteiger partial charge >= 0.3 is 29.6 Å². The summed E-state index contributed by atoms with van der Waals surface area (Å²) in [6, 6.07) is 0. The van der Waals surface area contributed by atoms with E-state index >= 15 is 0 Å². The van der Waals surface area contributed by atoms with E-state index in [9.17, 15) is 19.7 Å². The minimum absolute atomic E-state index is 0. The number of hydrogen-bond donors (Lipinski definition) is 4. The monoisotopic (exact) mass is 369 g/mol. The van der Waals surface area contributed by atoms with Crippen molar-refractivity contribution in [2.45, 2.75) is 24.5 Å². The third kappa shape index (κ3) is 3.78. The second kappa shape index (κ2) is 7.30. The van der Waals surface area contributed by atoms with E-state index in [1.807, 2.05) is 0 Å². The number of rotatable bonds is 4. The standard InChI is InChI=1S/C10H14N5O7P.Na/c11-8-5-9(13-2-12-8)15(3-14-5)10-7(17)6(16)4(22-10)1-21-23(18,19)20;/h2-4,6-7,10,16-17H,1H2,(H2,11,12,13)(H2,18,19,20);/q;+1/p-1/t4-,6-,7-,10?;/m1./s1. The van der Waals surface area contributed by atoms with Gasteiger partial charge in [0.05, 0.1) is 12.9 Å². The Morgan fingerprint density at radius 3 is 2.75 bits per heavy atom. The summed E-state index contributed by atoms with van der Waals surface area (Å²) in [5, 5.41) is 20.0. The van der Waals surface area contributed by atoms with Gasteiger partial charge in [0.15, 0.2) is 17.7 Å². The maximum absolute atomic E-state index is 10.6. The van der Waals surface area contributed by atoms with Gasteiger partial charge in [-0.25, -0.2) is 15.0 Å². The second-order valence-electron chi connectivity index (χ2n) is 4.89. The molecule has 24 heavy (non-hydrogen) atoms. The molecule has 0 bridgehead atoms. The van der Waals surface area contributed by atoms with Gasteiger partial charge in [-0.2, -0.15) is 0 Å². The second-order valence-corrected chi connectivity index (χ2v) is 6.09. The molecule has 3 rings (SSSR count). The fourth-order valence-corrected chi connectivity index (χ4v) is 2.66. The van der Waals surface area contributed by atoms with Gasteiger partial charge in [0.25, 0.3) is 7.82 Å². The Labute approximate surface area is 157 Å². The molecule has 1 aliphatic rings. The molecule has 0 radical (unpaired) electrons. The first-order chi connectivity index (χ1) is 10.8. The Kier molecular flexibility index (Phi) is 5.98. The summed E-state index contributed by atoms with van der Waals surface area (Å²) < 4.78 is 21.5. The van der Waals surface area contributed by atoms with Gasteiger partial charge in [0.2, 0.25) is 0 Å². The summed E-state index contributed by atoms with van der Waals surface area (Å²) in [4.78, 5) is 31.0. The summed E-state index contributed by atoms with van der Waals surface area (Å²) in [5.41, 5.74) is 6.22. The van der Waals surface area contributed by atoms with Crippen LogP contribution in [0.25, 0.3) is 11.2 Å². The number of hydrogen-bond acceptors (Lipinski definition) is 10.